The van der Waals surface area contributed by atoms with Crippen LogP contribution in [0, 0.1) is 11.8 Å². The van der Waals surface area contributed by atoms with Crippen LogP contribution in [0.1, 0.15) is 5.56 Å². The van der Waals surface area contributed by atoms with E-state index in [0.717, 1.165) is 5.56 Å². The fourth-order valence-electron chi connectivity index (χ4n) is 1.06. The lowest BCUT2D eigenvalue weighted by Crippen LogP contribution is -1.93. The van der Waals surface area contributed by atoms with Gasteiger partial charge in [-0.1, -0.05) is 29.5 Å². The molecule has 74 valence electrons. The van der Waals surface area contributed by atoms with E-state index in [-0.39, 0.29) is 0 Å². The lowest BCUT2D eigenvalue weighted by Gasteiger charge is -2.03. The molecular weight excluding hydrogens is 198 g/mol. The molecule has 0 aromatic heterocycles. The quantitative estimate of drug-likeness (QED) is 0.755. The first-order valence-corrected chi connectivity index (χ1v) is 4.64. The molecule has 0 bridgehead atoms. The zero-order chi connectivity index (χ0) is 10.4. The van der Waals surface area contributed by atoms with Crippen LogP contribution in [0.4, 0.5) is 0 Å². The van der Waals surface area contributed by atoms with E-state index in [4.69, 9.17) is 22.1 Å². The first-order valence-electron chi connectivity index (χ1n) is 4.26. The van der Waals surface area contributed by atoms with Gasteiger partial charge in [0.1, 0.15) is 5.75 Å². The van der Waals surface area contributed by atoms with Crippen LogP contribution >= 0.6 is 11.6 Å². The molecule has 0 fully saturated rings. The third-order valence-electron chi connectivity index (χ3n) is 1.74. The van der Waals surface area contributed by atoms with Gasteiger partial charge in [-0.15, -0.1) is 0 Å². The molecular formula is C11H12ClNO. The number of hydrogen-bond donors (Lipinski definition) is 1. The average Bonchev–Trinajstić information content (AvgIpc) is 2.18. The number of ether oxygens (including phenoxy) is 1. The lowest BCUT2D eigenvalue weighted by molar-refractivity contribution is 0.415. The van der Waals surface area contributed by atoms with E-state index in [1.54, 1.807) is 7.11 Å². The van der Waals surface area contributed by atoms with Crippen molar-refractivity contribution in [3.63, 3.8) is 0 Å². The monoisotopic (exact) mass is 209 g/mol. The Morgan fingerprint density at radius 2 is 2.21 bits per heavy atom. The minimum absolute atomic E-state index is 0.393. The number of hydrogen-bond acceptors (Lipinski definition) is 2. The molecule has 0 radical (unpaired) electrons. The van der Waals surface area contributed by atoms with Crippen molar-refractivity contribution >= 4 is 11.6 Å². The summed E-state index contributed by atoms with van der Waals surface area (Å²) in [7, 11) is 1.59. The van der Waals surface area contributed by atoms with Crippen molar-refractivity contribution in [3.05, 3.63) is 28.8 Å². The van der Waals surface area contributed by atoms with E-state index >= 15 is 0 Å². The van der Waals surface area contributed by atoms with E-state index in [9.17, 15) is 0 Å². The molecule has 0 amide bonds. The third kappa shape index (κ3) is 2.95. The fraction of sp³-hybridized carbons (Fsp3) is 0.273. The van der Waals surface area contributed by atoms with Gasteiger partial charge in [0, 0.05) is 6.42 Å². The molecule has 0 unspecified atom stereocenters. The van der Waals surface area contributed by atoms with Gasteiger partial charge in [-0.2, -0.15) is 0 Å². The molecule has 0 heterocycles. The average molecular weight is 210 g/mol. The highest BCUT2D eigenvalue weighted by Gasteiger charge is 1.99. The molecule has 0 aliphatic rings. The molecule has 1 aromatic rings. The molecule has 0 aliphatic heterocycles. The maximum absolute atomic E-state index is 5.94. The van der Waals surface area contributed by atoms with E-state index in [0.29, 0.717) is 23.7 Å². The summed E-state index contributed by atoms with van der Waals surface area (Å²) in [6.07, 6.45) is 0.668. The number of halogens is 1. The molecule has 0 aliphatic carbocycles. The molecule has 2 nitrogen and oxygen atoms in total. The van der Waals surface area contributed by atoms with Crippen LogP contribution in [0.3, 0.4) is 0 Å². The highest BCUT2D eigenvalue weighted by atomic mass is 35.5. The zero-order valence-electron chi connectivity index (χ0n) is 8.01. The van der Waals surface area contributed by atoms with Crippen LogP contribution < -0.4 is 10.5 Å². The van der Waals surface area contributed by atoms with Crippen molar-refractivity contribution in [3.8, 4) is 17.6 Å². The van der Waals surface area contributed by atoms with Gasteiger partial charge >= 0.3 is 0 Å². The van der Waals surface area contributed by atoms with Gasteiger partial charge < -0.3 is 10.5 Å². The number of methoxy groups -OCH3 is 1. The van der Waals surface area contributed by atoms with Gasteiger partial charge in [-0.25, -0.2) is 0 Å². The Bertz CT molecular complexity index is 365. The minimum Gasteiger partial charge on any atom is -0.495 e. The zero-order valence-corrected chi connectivity index (χ0v) is 8.77. The second kappa shape index (κ2) is 5.54. The van der Waals surface area contributed by atoms with Gasteiger partial charge in [0.25, 0.3) is 0 Å². The van der Waals surface area contributed by atoms with Crippen molar-refractivity contribution in [2.24, 2.45) is 5.73 Å². The Hall–Kier alpha value is -1.17. The second-order valence-electron chi connectivity index (χ2n) is 2.70. The van der Waals surface area contributed by atoms with Crippen LogP contribution in [0.15, 0.2) is 18.2 Å². The maximum Gasteiger partial charge on any atom is 0.137 e. The van der Waals surface area contributed by atoms with Crippen molar-refractivity contribution in [1.82, 2.24) is 0 Å². The Labute approximate surface area is 89.0 Å². The van der Waals surface area contributed by atoms with Crippen LogP contribution in [0.25, 0.3) is 0 Å². The molecule has 0 spiro atoms. The first kappa shape index (κ1) is 10.9. The van der Waals surface area contributed by atoms with E-state index in [1.165, 1.54) is 0 Å². The molecule has 3 heteroatoms. The van der Waals surface area contributed by atoms with Gasteiger partial charge in [-0.05, 0) is 17.7 Å². The smallest absolute Gasteiger partial charge is 0.137 e. The molecule has 0 saturated heterocycles. The van der Waals surface area contributed by atoms with E-state index in [2.05, 4.69) is 11.8 Å². The Morgan fingerprint density at radius 3 is 2.79 bits per heavy atom. The summed E-state index contributed by atoms with van der Waals surface area (Å²) in [6, 6.07) is 5.63. The van der Waals surface area contributed by atoms with Crippen LogP contribution in [-0.2, 0) is 6.42 Å². The Balaban J connectivity index is 2.76. The molecule has 14 heavy (non-hydrogen) atoms. The van der Waals surface area contributed by atoms with E-state index in [1.807, 2.05) is 18.2 Å². The standard InChI is InChI=1S/C11H12ClNO/c1-14-11-6-5-9(8-10(11)12)4-2-3-7-13/h5-6,8H,4,7,13H2,1H3. The number of benzene rings is 1. The molecule has 1 aromatic carbocycles. The predicted molar refractivity (Wildman–Crippen MR) is 58.5 cm³/mol. The highest BCUT2D eigenvalue weighted by molar-refractivity contribution is 6.32. The maximum atomic E-state index is 5.94. The summed E-state index contributed by atoms with van der Waals surface area (Å²) in [5.41, 5.74) is 6.31. The predicted octanol–water partition coefficient (Wildman–Crippen LogP) is 1.85. The van der Waals surface area contributed by atoms with Crippen molar-refractivity contribution in [2.45, 2.75) is 6.42 Å². The molecule has 1 rings (SSSR count). The normalized spacial score (nSPS) is 9.07. The SMILES string of the molecule is COc1ccc(CC#CCN)cc1Cl. The lowest BCUT2D eigenvalue weighted by atomic mass is 10.1. The van der Waals surface area contributed by atoms with E-state index < -0.39 is 0 Å². The Morgan fingerprint density at radius 1 is 1.43 bits per heavy atom. The van der Waals surface area contributed by atoms with Gasteiger partial charge in [-0.3, -0.25) is 0 Å². The molecule has 0 saturated carbocycles. The van der Waals surface area contributed by atoms with Crippen LogP contribution in [0.2, 0.25) is 5.02 Å². The minimum atomic E-state index is 0.393. The summed E-state index contributed by atoms with van der Waals surface area (Å²) in [5, 5.41) is 0.611. The second-order valence-corrected chi connectivity index (χ2v) is 3.11. The summed E-state index contributed by atoms with van der Waals surface area (Å²) in [4.78, 5) is 0. The summed E-state index contributed by atoms with van der Waals surface area (Å²) >= 11 is 5.94. The van der Waals surface area contributed by atoms with Gasteiger partial charge in [0.05, 0.1) is 18.7 Å². The van der Waals surface area contributed by atoms with Crippen molar-refractivity contribution in [2.75, 3.05) is 13.7 Å². The summed E-state index contributed by atoms with van der Waals surface area (Å²) in [5.74, 6) is 6.42. The Kier molecular flexibility index (Phi) is 4.31. The number of nitrogens with two attached hydrogens (primary N) is 1. The van der Waals surface area contributed by atoms with Gasteiger partial charge in [0.15, 0.2) is 0 Å². The third-order valence-corrected chi connectivity index (χ3v) is 2.03. The first-order chi connectivity index (χ1) is 6.77. The molecule has 0 atom stereocenters. The summed E-state index contributed by atoms with van der Waals surface area (Å²) < 4.78 is 5.04. The number of rotatable bonds is 2. The fourth-order valence-corrected chi connectivity index (χ4v) is 1.34. The van der Waals surface area contributed by atoms with Crippen LogP contribution in [0.5, 0.6) is 5.75 Å². The van der Waals surface area contributed by atoms with Crippen LogP contribution in [-0.4, -0.2) is 13.7 Å². The summed E-state index contributed by atoms with van der Waals surface area (Å²) in [6.45, 7) is 0.393. The topological polar surface area (TPSA) is 35.2 Å². The van der Waals surface area contributed by atoms with Gasteiger partial charge in [0.2, 0.25) is 0 Å². The van der Waals surface area contributed by atoms with Crippen molar-refractivity contribution in [1.29, 1.82) is 0 Å². The highest BCUT2D eigenvalue weighted by Crippen LogP contribution is 2.24. The largest absolute Gasteiger partial charge is 0.495 e. The van der Waals surface area contributed by atoms with Crippen molar-refractivity contribution < 1.29 is 4.74 Å². The molecule has 2 N–H and O–H groups in total.